The van der Waals surface area contributed by atoms with E-state index in [-0.39, 0.29) is 6.42 Å². The van der Waals surface area contributed by atoms with Crippen LogP contribution in [0.3, 0.4) is 0 Å². The van der Waals surface area contributed by atoms with E-state index in [0.717, 1.165) is 39.0 Å². The Labute approximate surface area is 188 Å². The van der Waals surface area contributed by atoms with E-state index in [1.165, 1.54) is 12.8 Å². The molecule has 1 fully saturated rings. The fraction of sp³-hybridized carbons (Fsp3) is 0.360. The van der Waals surface area contributed by atoms with Crippen LogP contribution in [-0.4, -0.2) is 32.8 Å². The number of halogens is 1. The second-order valence-corrected chi connectivity index (χ2v) is 9.41. The zero-order valence-corrected chi connectivity index (χ0v) is 19.1. The topological polar surface area (TPSA) is 82.5 Å². The number of nitrogens with one attached hydrogen (secondary N) is 1. The van der Waals surface area contributed by atoms with Gasteiger partial charge in [-0.1, -0.05) is 23.7 Å². The van der Waals surface area contributed by atoms with E-state index >= 15 is 0 Å². The summed E-state index contributed by atoms with van der Waals surface area (Å²) in [5.74, 6) is 0.0232. The lowest BCUT2D eigenvalue weighted by Crippen LogP contribution is -2.10. The second-order valence-electron chi connectivity index (χ2n) is 8.98. The average Bonchev–Trinajstić information content (AvgIpc) is 3.46. The first kappa shape index (κ1) is 23.0. The van der Waals surface area contributed by atoms with E-state index < -0.39 is 11.6 Å². The van der Waals surface area contributed by atoms with Gasteiger partial charge in [0.15, 0.2) is 0 Å². The highest BCUT2D eigenvalue weighted by molar-refractivity contribution is 6.30. The predicted molar refractivity (Wildman–Crippen MR) is 127 cm³/mol. The van der Waals surface area contributed by atoms with Crippen LogP contribution in [-0.2, 0) is 11.2 Å². The molecule has 0 spiro atoms. The molecular formula is C25H29ClN2O3. The third-order valence-corrected chi connectivity index (χ3v) is 4.97. The minimum atomic E-state index is -0.845. The first-order valence-electron chi connectivity index (χ1n) is 10.4. The third-order valence-electron chi connectivity index (χ3n) is 4.72. The molecule has 0 unspecified atom stereocenters. The number of carbonyl (C=O) groups is 1. The highest BCUT2D eigenvalue weighted by Crippen LogP contribution is 2.36. The number of carboxylic acid groups (broad SMARTS) is 1. The van der Waals surface area contributed by atoms with Crippen LogP contribution in [0, 0.1) is 6.92 Å². The van der Waals surface area contributed by atoms with Gasteiger partial charge in [0.2, 0.25) is 0 Å². The van der Waals surface area contributed by atoms with E-state index in [2.05, 4.69) is 5.32 Å². The summed E-state index contributed by atoms with van der Waals surface area (Å²) in [4.78, 5) is 16.2. The van der Waals surface area contributed by atoms with Crippen LogP contribution < -0.4 is 5.32 Å². The van der Waals surface area contributed by atoms with Gasteiger partial charge in [0.05, 0.1) is 17.5 Å². The monoisotopic (exact) mass is 440 g/mol. The van der Waals surface area contributed by atoms with Gasteiger partial charge >= 0.3 is 5.97 Å². The van der Waals surface area contributed by atoms with Crippen LogP contribution in [0.15, 0.2) is 42.5 Å². The number of carboxylic acids is 1. The van der Waals surface area contributed by atoms with Gasteiger partial charge in [-0.2, -0.15) is 0 Å². The molecule has 6 heteroatoms. The number of aliphatic hydroxyl groups is 1. The molecule has 5 nitrogen and oxygen atoms in total. The lowest BCUT2D eigenvalue weighted by molar-refractivity contribution is -0.136. The first-order chi connectivity index (χ1) is 14.5. The molecule has 0 amide bonds. The number of aliphatic carboxylic acids is 1. The van der Waals surface area contributed by atoms with Crippen molar-refractivity contribution in [3.05, 3.63) is 58.6 Å². The molecule has 31 heavy (non-hydrogen) atoms. The Hall–Kier alpha value is -2.63. The van der Waals surface area contributed by atoms with Crippen LogP contribution in [0.25, 0.3) is 22.0 Å². The Morgan fingerprint density at radius 1 is 1.16 bits per heavy atom. The highest BCUT2D eigenvalue weighted by Gasteiger charge is 2.22. The van der Waals surface area contributed by atoms with Gasteiger partial charge in [0.25, 0.3) is 0 Å². The van der Waals surface area contributed by atoms with Crippen molar-refractivity contribution in [3.8, 4) is 11.1 Å². The van der Waals surface area contributed by atoms with Gasteiger partial charge in [-0.25, -0.2) is 4.98 Å². The maximum Gasteiger partial charge on any atom is 0.307 e. The maximum absolute atomic E-state index is 11.4. The Balaban J connectivity index is 0.000000491. The van der Waals surface area contributed by atoms with Crippen molar-refractivity contribution in [3.63, 3.8) is 0 Å². The Morgan fingerprint density at radius 2 is 1.77 bits per heavy atom. The number of nitrogens with zero attached hydrogens (tertiary/aromatic N) is 1. The molecular weight excluding hydrogens is 412 g/mol. The number of pyridine rings is 1. The molecule has 4 rings (SSSR count). The van der Waals surface area contributed by atoms with Crippen molar-refractivity contribution in [1.29, 1.82) is 0 Å². The molecule has 1 aromatic heterocycles. The number of hydrogen-bond donors (Lipinski definition) is 3. The average molecular weight is 441 g/mol. The summed E-state index contributed by atoms with van der Waals surface area (Å²) in [5.41, 5.74) is 3.98. The molecule has 3 aromatic rings. The van der Waals surface area contributed by atoms with Crippen LogP contribution >= 0.6 is 11.6 Å². The normalized spacial score (nSPS) is 13.5. The van der Waals surface area contributed by atoms with E-state index in [1.807, 2.05) is 49.4 Å². The van der Waals surface area contributed by atoms with Gasteiger partial charge in [-0.05, 0) is 93.1 Å². The van der Waals surface area contributed by atoms with E-state index in [9.17, 15) is 9.90 Å². The van der Waals surface area contributed by atoms with E-state index in [4.69, 9.17) is 21.7 Å². The van der Waals surface area contributed by atoms with Crippen molar-refractivity contribution in [2.75, 3.05) is 5.32 Å². The largest absolute Gasteiger partial charge is 0.481 e. The van der Waals surface area contributed by atoms with Crippen molar-refractivity contribution in [1.82, 2.24) is 4.98 Å². The molecule has 2 aromatic carbocycles. The van der Waals surface area contributed by atoms with Crippen LogP contribution in [0.5, 0.6) is 0 Å². The summed E-state index contributed by atoms with van der Waals surface area (Å²) in [6.07, 6.45) is 2.35. The second kappa shape index (κ2) is 9.25. The van der Waals surface area contributed by atoms with Crippen molar-refractivity contribution in [2.24, 2.45) is 0 Å². The predicted octanol–water partition coefficient (Wildman–Crippen LogP) is 5.84. The van der Waals surface area contributed by atoms with E-state index in [0.29, 0.717) is 11.1 Å². The number of hydrogen-bond acceptors (Lipinski definition) is 4. The van der Waals surface area contributed by atoms with Crippen molar-refractivity contribution < 1.29 is 15.0 Å². The molecule has 3 N–H and O–H groups in total. The maximum atomic E-state index is 11.4. The molecule has 0 radical (unpaired) electrons. The third kappa shape index (κ3) is 6.68. The number of aromatic nitrogens is 1. The summed E-state index contributed by atoms with van der Waals surface area (Å²) in [5, 5.41) is 22.9. The van der Waals surface area contributed by atoms with Crippen LogP contribution in [0.4, 0.5) is 5.82 Å². The highest BCUT2D eigenvalue weighted by atomic mass is 35.5. The quantitative estimate of drug-likeness (QED) is 0.464. The molecule has 1 saturated carbocycles. The number of anilines is 1. The molecule has 164 valence electrons. The molecule has 1 heterocycles. The molecule has 0 aliphatic heterocycles. The summed E-state index contributed by atoms with van der Waals surface area (Å²) in [6.45, 7) is 7.17. The van der Waals surface area contributed by atoms with Gasteiger partial charge in [-0.15, -0.1) is 0 Å². The van der Waals surface area contributed by atoms with Crippen LogP contribution in [0.1, 0.15) is 44.7 Å². The number of benzene rings is 2. The Morgan fingerprint density at radius 3 is 2.32 bits per heavy atom. The summed E-state index contributed by atoms with van der Waals surface area (Å²) >= 11 is 6.03. The van der Waals surface area contributed by atoms with Gasteiger partial charge in [-0.3, -0.25) is 4.79 Å². The number of rotatable bonds is 5. The lowest BCUT2D eigenvalue weighted by atomic mass is 9.90. The Bertz CT molecular complexity index is 1080. The van der Waals surface area contributed by atoms with Crippen molar-refractivity contribution in [2.45, 2.75) is 58.6 Å². The molecule has 0 bridgehead atoms. The number of aryl methyl sites for hydroxylation is 1. The summed E-state index contributed by atoms with van der Waals surface area (Å²) in [7, 11) is 0. The smallest absolute Gasteiger partial charge is 0.307 e. The zero-order chi connectivity index (χ0) is 22.8. The summed E-state index contributed by atoms with van der Waals surface area (Å²) < 4.78 is 0. The van der Waals surface area contributed by atoms with Gasteiger partial charge < -0.3 is 15.5 Å². The fourth-order valence-corrected chi connectivity index (χ4v) is 3.42. The van der Waals surface area contributed by atoms with Gasteiger partial charge in [0, 0.05) is 16.5 Å². The standard InChI is InChI=1S/C21H19ClN2O2.C4H10O/c1-12-10-18-16(8-9-19(24-18)23-15-6-7-15)21(17(12)11-20(25)26)13-2-4-14(22)5-3-13;1-4(2,3)5/h2-5,8-10,15H,6-7,11H2,1H3,(H,23,24)(H,25,26);5H,1-3H3. The minimum absolute atomic E-state index is 0.0260. The number of fused-ring (bicyclic) bond motifs is 1. The molecule has 0 saturated heterocycles. The molecule has 0 atom stereocenters. The fourth-order valence-electron chi connectivity index (χ4n) is 3.29. The van der Waals surface area contributed by atoms with Crippen molar-refractivity contribution >= 4 is 34.3 Å². The minimum Gasteiger partial charge on any atom is -0.481 e. The first-order valence-corrected chi connectivity index (χ1v) is 10.8. The summed E-state index contributed by atoms with van der Waals surface area (Å²) in [6, 6.07) is 14.0. The molecule has 1 aliphatic rings. The van der Waals surface area contributed by atoms with Crippen LogP contribution in [0.2, 0.25) is 5.02 Å². The SMILES string of the molecule is CC(C)(C)O.Cc1cc2nc(NC3CC3)ccc2c(-c2ccc(Cl)cc2)c1CC(=O)O. The molecule has 1 aliphatic carbocycles. The van der Waals surface area contributed by atoms with E-state index in [1.54, 1.807) is 20.8 Å². The Kier molecular flexibility index (Phi) is 6.87. The van der Waals surface area contributed by atoms with Gasteiger partial charge in [0.1, 0.15) is 5.82 Å². The lowest BCUT2D eigenvalue weighted by Gasteiger charge is -2.16. The zero-order valence-electron chi connectivity index (χ0n) is 18.4.